The van der Waals surface area contributed by atoms with Crippen LogP contribution in [0.4, 0.5) is 0 Å². The minimum atomic E-state index is 0.0752. The molecule has 5 heteroatoms. The van der Waals surface area contributed by atoms with E-state index in [0.29, 0.717) is 41.5 Å². The number of nitrogens with zero attached hydrogens (tertiary/aromatic N) is 1. The first-order valence-corrected chi connectivity index (χ1v) is 9.00. The lowest BCUT2D eigenvalue weighted by atomic mass is 9.86. The molecule has 1 aromatic heterocycles. The van der Waals surface area contributed by atoms with E-state index in [-0.39, 0.29) is 5.91 Å². The van der Waals surface area contributed by atoms with Crippen molar-refractivity contribution in [3.05, 3.63) is 41.4 Å². The third kappa shape index (κ3) is 4.18. The molecule has 0 spiro atoms. The van der Waals surface area contributed by atoms with Crippen LogP contribution in [-0.4, -0.2) is 16.9 Å². The number of hydrogen-bond donors (Lipinski definition) is 1. The molecule has 0 radical (unpaired) electrons. The predicted octanol–water partition coefficient (Wildman–Crippen LogP) is 4.62. The first-order valence-electron chi connectivity index (χ1n) is 8.62. The average molecular weight is 347 g/mol. The van der Waals surface area contributed by atoms with Crippen LogP contribution in [0.25, 0.3) is 11.3 Å². The van der Waals surface area contributed by atoms with E-state index in [4.69, 9.17) is 16.0 Å². The van der Waals surface area contributed by atoms with Gasteiger partial charge in [0, 0.05) is 24.4 Å². The summed E-state index contributed by atoms with van der Waals surface area (Å²) < 4.78 is 5.74. The number of aryl methyl sites for hydroxylation is 1. The van der Waals surface area contributed by atoms with Gasteiger partial charge >= 0.3 is 0 Å². The first kappa shape index (κ1) is 17.0. The number of halogens is 1. The van der Waals surface area contributed by atoms with Crippen LogP contribution in [0, 0.1) is 5.92 Å². The highest BCUT2D eigenvalue weighted by atomic mass is 35.5. The van der Waals surface area contributed by atoms with Crippen molar-refractivity contribution in [3.63, 3.8) is 0 Å². The molecule has 2 aromatic rings. The second kappa shape index (κ2) is 7.84. The van der Waals surface area contributed by atoms with Gasteiger partial charge in [-0.25, -0.2) is 4.98 Å². The summed E-state index contributed by atoms with van der Waals surface area (Å²) in [5.74, 6) is 1.84. The number of nitrogens with one attached hydrogen (secondary N) is 1. The molecule has 0 saturated heterocycles. The Kier molecular flexibility index (Phi) is 5.56. The second-order valence-corrected chi connectivity index (χ2v) is 6.94. The summed E-state index contributed by atoms with van der Waals surface area (Å²) in [7, 11) is 0. The van der Waals surface area contributed by atoms with E-state index in [1.165, 1.54) is 19.3 Å². The van der Waals surface area contributed by atoms with E-state index in [0.717, 1.165) is 12.0 Å². The van der Waals surface area contributed by atoms with Crippen LogP contribution in [0.3, 0.4) is 0 Å². The third-order valence-corrected chi connectivity index (χ3v) is 5.05. The molecule has 2 unspecified atom stereocenters. The smallest absolute Gasteiger partial charge is 0.220 e. The van der Waals surface area contributed by atoms with Crippen LogP contribution in [0.15, 0.2) is 34.9 Å². The Morgan fingerprint density at radius 3 is 2.92 bits per heavy atom. The Hall–Kier alpha value is -1.81. The van der Waals surface area contributed by atoms with Gasteiger partial charge in [0.25, 0.3) is 0 Å². The van der Waals surface area contributed by atoms with Crippen molar-refractivity contribution >= 4 is 17.5 Å². The van der Waals surface area contributed by atoms with Crippen molar-refractivity contribution in [2.45, 2.75) is 51.5 Å². The molecule has 128 valence electrons. The summed E-state index contributed by atoms with van der Waals surface area (Å²) in [5.41, 5.74) is 0.818. The molecule has 4 nitrogen and oxygen atoms in total. The number of carbonyl (C=O) groups excluding carboxylic acids is 1. The van der Waals surface area contributed by atoms with Gasteiger partial charge in [0.1, 0.15) is 0 Å². The zero-order valence-corrected chi connectivity index (χ0v) is 14.7. The molecule has 1 fully saturated rings. The summed E-state index contributed by atoms with van der Waals surface area (Å²) in [5, 5.41) is 3.79. The molecule has 1 saturated carbocycles. The number of hydrogen-bond acceptors (Lipinski definition) is 3. The standard InChI is InChI=1S/C19H23ClN2O2/c1-13-6-2-5-9-16(13)22-18(23)10-11-19-21-12-17(24-19)14-7-3-4-8-15(14)20/h3-4,7-8,12-13,16H,2,5-6,9-11H2,1H3,(H,22,23). The summed E-state index contributed by atoms with van der Waals surface area (Å²) in [6, 6.07) is 7.80. The molecule has 1 aliphatic rings. The van der Waals surface area contributed by atoms with Crippen LogP contribution in [-0.2, 0) is 11.2 Å². The summed E-state index contributed by atoms with van der Waals surface area (Å²) in [6.45, 7) is 2.22. The van der Waals surface area contributed by atoms with Crippen LogP contribution in [0.1, 0.15) is 44.9 Å². The van der Waals surface area contributed by atoms with Crippen LogP contribution < -0.4 is 5.32 Å². The Morgan fingerprint density at radius 2 is 2.12 bits per heavy atom. The number of rotatable bonds is 5. The van der Waals surface area contributed by atoms with Gasteiger partial charge in [-0.15, -0.1) is 0 Å². The van der Waals surface area contributed by atoms with Crippen molar-refractivity contribution in [2.75, 3.05) is 0 Å². The summed E-state index contributed by atoms with van der Waals surface area (Å²) in [4.78, 5) is 16.4. The van der Waals surface area contributed by atoms with Gasteiger partial charge in [-0.1, -0.05) is 43.5 Å². The Morgan fingerprint density at radius 1 is 1.33 bits per heavy atom. The molecule has 0 aliphatic heterocycles. The topological polar surface area (TPSA) is 55.1 Å². The number of benzene rings is 1. The largest absolute Gasteiger partial charge is 0.441 e. The summed E-state index contributed by atoms with van der Waals surface area (Å²) >= 11 is 6.17. The van der Waals surface area contributed by atoms with Crippen molar-refractivity contribution in [3.8, 4) is 11.3 Å². The SMILES string of the molecule is CC1CCCCC1NC(=O)CCc1ncc(-c2ccccc2Cl)o1. The highest BCUT2D eigenvalue weighted by molar-refractivity contribution is 6.33. The molecule has 24 heavy (non-hydrogen) atoms. The fourth-order valence-electron chi connectivity index (χ4n) is 3.24. The highest BCUT2D eigenvalue weighted by Gasteiger charge is 2.22. The minimum Gasteiger partial charge on any atom is -0.441 e. The average Bonchev–Trinajstić information content (AvgIpc) is 3.04. The molecule has 1 aliphatic carbocycles. The van der Waals surface area contributed by atoms with E-state index >= 15 is 0 Å². The lowest BCUT2D eigenvalue weighted by Gasteiger charge is -2.29. The van der Waals surface area contributed by atoms with Gasteiger partial charge in [-0.2, -0.15) is 0 Å². The number of oxazole rings is 1. The van der Waals surface area contributed by atoms with Gasteiger partial charge < -0.3 is 9.73 Å². The fraction of sp³-hybridized carbons (Fsp3) is 0.474. The van der Waals surface area contributed by atoms with E-state index in [2.05, 4.69) is 17.2 Å². The van der Waals surface area contributed by atoms with Crippen molar-refractivity contribution in [2.24, 2.45) is 5.92 Å². The minimum absolute atomic E-state index is 0.0752. The third-order valence-electron chi connectivity index (χ3n) is 4.72. The molecule has 0 bridgehead atoms. The van der Waals surface area contributed by atoms with Crippen molar-refractivity contribution in [1.29, 1.82) is 0 Å². The van der Waals surface area contributed by atoms with Crippen molar-refractivity contribution in [1.82, 2.24) is 10.3 Å². The number of amides is 1. The number of carbonyl (C=O) groups is 1. The molecule has 3 rings (SSSR count). The van der Waals surface area contributed by atoms with Gasteiger partial charge in [0.05, 0.1) is 11.2 Å². The van der Waals surface area contributed by atoms with Crippen LogP contribution in [0.5, 0.6) is 0 Å². The maximum absolute atomic E-state index is 12.2. The highest BCUT2D eigenvalue weighted by Crippen LogP contribution is 2.28. The maximum Gasteiger partial charge on any atom is 0.220 e. The number of aromatic nitrogens is 1. The monoisotopic (exact) mass is 346 g/mol. The Labute approximate surface area is 147 Å². The van der Waals surface area contributed by atoms with Gasteiger partial charge in [0.2, 0.25) is 5.91 Å². The lowest BCUT2D eigenvalue weighted by molar-refractivity contribution is -0.122. The molecular weight excluding hydrogens is 324 g/mol. The lowest BCUT2D eigenvalue weighted by Crippen LogP contribution is -2.41. The quantitative estimate of drug-likeness (QED) is 0.859. The van der Waals surface area contributed by atoms with E-state index in [1.54, 1.807) is 6.20 Å². The maximum atomic E-state index is 12.2. The van der Waals surface area contributed by atoms with Gasteiger partial charge in [-0.05, 0) is 30.9 Å². The zero-order valence-electron chi connectivity index (χ0n) is 13.9. The Bertz CT molecular complexity index is 698. The van der Waals surface area contributed by atoms with E-state index < -0.39 is 0 Å². The fourth-order valence-corrected chi connectivity index (χ4v) is 3.47. The molecular formula is C19H23ClN2O2. The predicted molar refractivity (Wildman–Crippen MR) is 94.8 cm³/mol. The molecule has 1 heterocycles. The molecule has 2 atom stereocenters. The van der Waals surface area contributed by atoms with Crippen LogP contribution in [0.2, 0.25) is 5.02 Å². The van der Waals surface area contributed by atoms with E-state index in [1.807, 2.05) is 24.3 Å². The first-order chi connectivity index (χ1) is 11.6. The summed E-state index contributed by atoms with van der Waals surface area (Å²) in [6.07, 6.45) is 7.32. The Balaban J connectivity index is 1.54. The molecule has 1 amide bonds. The van der Waals surface area contributed by atoms with Gasteiger partial charge in [-0.3, -0.25) is 4.79 Å². The van der Waals surface area contributed by atoms with Crippen LogP contribution >= 0.6 is 11.6 Å². The van der Waals surface area contributed by atoms with Gasteiger partial charge in [0.15, 0.2) is 11.7 Å². The normalized spacial score (nSPS) is 20.8. The molecule has 1 N–H and O–H groups in total. The second-order valence-electron chi connectivity index (χ2n) is 6.53. The van der Waals surface area contributed by atoms with Crippen molar-refractivity contribution < 1.29 is 9.21 Å². The molecule has 1 aromatic carbocycles. The zero-order chi connectivity index (χ0) is 16.9. The van der Waals surface area contributed by atoms with E-state index in [9.17, 15) is 4.79 Å².